The summed E-state index contributed by atoms with van der Waals surface area (Å²) in [5, 5.41) is 0. The van der Waals surface area contributed by atoms with Gasteiger partial charge in [-0.25, -0.2) is 0 Å². The summed E-state index contributed by atoms with van der Waals surface area (Å²) in [6, 6.07) is 7.07. The van der Waals surface area contributed by atoms with Crippen LogP contribution in [0, 0.1) is 0 Å². The molecule has 0 aromatic heterocycles. The lowest BCUT2D eigenvalue weighted by atomic mass is 10.2. The van der Waals surface area contributed by atoms with Crippen molar-refractivity contribution >= 4 is 11.9 Å². The topological polar surface area (TPSA) is 61.8 Å². The van der Waals surface area contributed by atoms with E-state index in [1.807, 2.05) is 19.9 Å². The van der Waals surface area contributed by atoms with Gasteiger partial charge in [-0.05, 0) is 38.8 Å². The van der Waals surface area contributed by atoms with Gasteiger partial charge in [0.15, 0.2) is 11.5 Å². The zero-order valence-electron chi connectivity index (χ0n) is 15.6. The van der Waals surface area contributed by atoms with Gasteiger partial charge in [-0.2, -0.15) is 0 Å². The predicted octanol–water partition coefficient (Wildman–Crippen LogP) is 4.67. The van der Waals surface area contributed by atoms with Crippen molar-refractivity contribution in [1.29, 1.82) is 0 Å². The summed E-state index contributed by atoms with van der Waals surface area (Å²) < 4.78 is 16.1. The van der Waals surface area contributed by atoms with Crippen LogP contribution in [-0.4, -0.2) is 24.6 Å². The van der Waals surface area contributed by atoms with Gasteiger partial charge in [0.05, 0.1) is 12.7 Å². The number of rotatable bonds is 12. The maximum absolute atomic E-state index is 11.9. The van der Waals surface area contributed by atoms with E-state index in [4.69, 9.17) is 14.2 Å². The molecule has 0 amide bonds. The highest BCUT2D eigenvalue weighted by molar-refractivity contribution is 5.74. The molecule has 5 nitrogen and oxygen atoms in total. The minimum absolute atomic E-state index is 0.00746. The molecule has 0 bridgehead atoms. The van der Waals surface area contributed by atoms with Crippen LogP contribution >= 0.6 is 0 Å². The molecule has 0 aliphatic heterocycles. The van der Waals surface area contributed by atoms with Crippen molar-refractivity contribution in [2.75, 3.05) is 6.61 Å². The third-order valence-corrected chi connectivity index (χ3v) is 3.46. The van der Waals surface area contributed by atoms with Crippen LogP contribution in [0.15, 0.2) is 24.3 Å². The van der Waals surface area contributed by atoms with E-state index in [1.165, 1.54) is 0 Å². The summed E-state index contributed by atoms with van der Waals surface area (Å²) in [7, 11) is 0. The number of hydrogen-bond donors (Lipinski definition) is 0. The van der Waals surface area contributed by atoms with Gasteiger partial charge in [-0.3, -0.25) is 9.59 Å². The van der Waals surface area contributed by atoms with Crippen molar-refractivity contribution in [3.63, 3.8) is 0 Å². The van der Waals surface area contributed by atoms with Gasteiger partial charge in [0, 0.05) is 12.8 Å². The van der Waals surface area contributed by atoms with Gasteiger partial charge in [0.2, 0.25) is 0 Å². The largest absolute Gasteiger partial charge is 0.487 e. The number of carbonyl (C=O) groups is 2. The minimum Gasteiger partial charge on any atom is -0.487 e. The third kappa shape index (κ3) is 9.75. The van der Waals surface area contributed by atoms with Gasteiger partial charge in [0.1, 0.15) is 0 Å². The van der Waals surface area contributed by atoms with E-state index >= 15 is 0 Å². The zero-order valence-corrected chi connectivity index (χ0v) is 15.6. The van der Waals surface area contributed by atoms with Crippen LogP contribution in [0.3, 0.4) is 0 Å². The van der Waals surface area contributed by atoms with E-state index < -0.39 is 0 Å². The van der Waals surface area contributed by atoms with Crippen molar-refractivity contribution in [3.05, 3.63) is 24.3 Å². The quantitative estimate of drug-likeness (QED) is 0.311. The average Bonchev–Trinajstić information content (AvgIpc) is 2.56. The maximum Gasteiger partial charge on any atom is 0.311 e. The van der Waals surface area contributed by atoms with Crippen LogP contribution in [0.2, 0.25) is 0 Å². The summed E-state index contributed by atoms with van der Waals surface area (Å²) in [5.74, 6) is 0.306. The first kappa shape index (κ1) is 21.0. The third-order valence-electron chi connectivity index (χ3n) is 3.46. The van der Waals surface area contributed by atoms with Crippen LogP contribution in [0.5, 0.6) is 11.5 Å². The maximum atomic E-state index is 11.9. The first-order valence-corrected chi connectivity index (χ1v) is 9.15. The first-order chi connectivity index (χ1) is 12.0. The summed E-state index contributed by atoms with van der Waals surface area (Å²) in [6.45, 7) is 6.42. The second-order valence-corrected chi connectivity index (χ2v) is 6.22. The molecule has 0 N–H and O–H groups in total. The Morgan fingerprint density at radius 3 is 2.28 bits per heavy atom. The molecule has 5 heteroatoms. The molecule has 1 rings (SSSR count). The Hall–Kier alpha value is -2.04. The van der Waals surface area contributed by atoms with Gasteiger partial charge >= 0.3 is 11.9 Å². The number of benzene rings is 1. The van der Waals surface area contributed by atoms with Crippen LogP contribution < -0.4 is 9.47 Å². The highest BCUT2D eigenvalue weighted by Gasteiger charge is 2.12. The van der Waals surface area contributed by atoms with Crippen LogP contribution in [-0.2, 0) is 14.3 Å². The molecule has 0 fully saturated rings. The first-order valence-electron chi connectivity index (χ1n) is 9.15. The van der Waals surface area contributed by atoms with Crippen molar-refractivity contribution in [3.8, 4) is 11.5 Å². The van der Waals surface area contributed by atoms with Crippen molar-refractivity contribution in [1.82, 2.24) is 0 Å². The Morgan fingerprint density at radius 2 is 1.60 bits per heavy atom. The molecule has 0 saturated carbocycles. The summed E-state index contributed by atoms with van der Waals surface area (Å²) >= 11 is 0. The van der Waals surface area contributed by atoms with Crippen molar-refractivity contribution < 1.29 is 23.8 Å². The molecule has 0 radical (unpaired) electrons. The molecule has 140 valence electrons. The van der Waals surface area contributed by atoms with Crippen molar-refractivity contribution in [2.24, 2.45) is 0 Å². The van der Waals surface area contributed by atoms with Gasteiger partial charge in [-0.1, -0.05) is 38.3 Å². The second-order valence-electron chi connectivity index (χ2n) is 6.22. The monoisotopic (exact) mass is 350 g/mol. The normalized spacial score (nSPS) is 10.6. The Balaban J connectivity index is 2.26. The highest BCUT2D eigenvalue weighted by Crippen LogP contribution is 2.27. The van der Waals surface area contributed by atoms with E-state index in [1.54, 1.807) is 18.2 Å². The number of ether oxygens (including phenoxy) is 3. The standard InChI is InChI=1S/C20H30O5/c1-4-5-6-9-15-23-19(21)13-10-14-20(22)25-18-12-8-7-11-17(18)24-16(2)3/h7-8,11-12,16H,4-6,9-10,13-15H2,1-3H3. The summed E-state index contributed by atoms with van der Waals surface area (Å²) in [5.41, 5.74) is 0. The van der Waals surface area contributed by atoms with E-state index in [2.05, 4.69) is 6.92 Å². The molecular formula is C20H30O5. The second kappa shape index (κ2) is 12.3. The number of carbonyl (C=O) groups excluding carboxylic acids is 2. The zero-order chi connectivity index (χ0) is 18.5. The fraction of sp³-hybridized carbons (Fsp3) is 0.600. The average molecular weight is 350 g/mol. The lowest BCUT2D eigenvalue weighted by Crippen LogP contribution is -2.12. The molecule has 0 unspecified atom stereocenters. The Kier molecular flexibility index (Phi) is 10.4. The lowest BCUT2D eigenvalue weighted by Gasteiger charge is -2.13. The highest BCUT2D eigenvalue weighted by atomic mass is 16.6. The SMILES string of the molecule is CCCCCCOC(=O)CCCC(=O)Oc1ccccc1OC(C)C. The van der Waals surface area contributed by atoms with Gasteiger partial charge < -0.3 is 14.2 Å². The summed E-state index contributed by atoms with van der Waals surface area (Å²) in [4.78, 5) is 23.5. The Morgan fingerprint density at radius 1 is 0.920 bits per heavy atom. The molecule has 0 heterocycles. The van der Waals surface area contributed by atoms with Gasteiger partial charge in [-0.15, -0.1) is 0 Å². The Bertz CT molecular complexity index is 525. The fourth-order valence-corrected chi connectivity index (χ4v) is 2.22. The molecule has 1 aromatic carbocycles. The fourth-order valence-electron chi connectivity index (χ4n) is 2.22. The molecule has 1 aromatic rings. The van der Waals surface area contributed by atoms with E-state index in [0.717, 1.165) is 25.7 Å². The van der Waals surface area contributed by atoms with E-state index in [-0.39, 0.29) is 30.9 Å². The predicted molar refractivity (Wildman–Crippen MR) is 96.8 cm³/mol. The Labute approximate surface area is 150 Å². The number of para-hydroxylation sites is 2. The van der Waals surface area contributed by atoms with Crippen LogP contribution in [0.4, 0.5) is 0 Å². The van der Waals surface area contributed by atoms with Gasteiger partial charge in [0.25, 0.3) is 0 Å². The number of hydrogen-bond acceptors (Lipinski definition) is 5. The molecule has 0 aliphatic rings. The molecule has 0 saturated heterocycles. The van der Waals surface area contributed by atoms with Crippen molar-refractivity contribution in [2.45, 2.75) is 71.8 Å². The van der Waals surface area contributed by atoms with Crippen LogP contribution in [0.1, 0.15) is 65.7 Å². The smallest absolute Gasteiger partial charge is 0.311 e. The molecular weight excluding hydrogens is 320 g/mol. The van der Waals surface area contributed by atoms with E-state index in [0.29, 0.717) is 24.5 Å². The molecule has 25 heavy (non-hydrogen) atoms. The molecule has 0 atom stereocenters. The summed E-state index contributed by atoms with van der Waals surface area (Å²) in [6.07, 6.45) is 5.09. The molecule has 0 spiro atoms. The lowest BCUT2D eigenvalue weighted by molar-refractivity contribution is -0.144. The minimum atomic E-state index is -0.379. The van der Waals surface area contributed by atoms with E-state index in [9.17, 15) is 9.59 Å². The number of unbranched alkanes of at least 4 members (excludes halogenated alkanes) is 3. The molecule has 0 aliphatic carbocycles. The number of esters is 2. The van der Waals surface area contributed by atoms with Crippen LogP contribution in [0.25, 0.3) is 0 Å².